The van der Waals surface area contributed by atoms with Crippen LogP contribution in [0.25, 0.3) is 0 Å². The van der Waals surface area contributed by atoms with E-state index in [0.29, 0.717) is 18.4 Å². The zero-order chi connectivity index (χ0) is 12.6. The second-order valence-electron chi connectivity index (χ2n) is 6.38. The van der Waals surface area contributed by atoms with Gasteiger partial charge in [-0.1, -0.05) is 0 Å². The lowest BCUT2D eigenvalue weighted by atomic mass is 9.92. The molecule has 1 saturated carbocycles. The van der Waals surface area contributed by atoms with Crippen LogP contribution in [0.5, 0.6) is 0 Å². The van der Waals surface area contributed by atoms with Gasteiger partial charge in [-0.05, 0) is 57.9 Å². The lowest BCUT2D eigenvalue weighted by Crippen LogP contribution is -2.35. The molecule has 2 aliphatic rings. The maximum atomic E-state index is 12.0. The van der Waals surface area contributed by atoms with E-state index in [2.05, 4.69) is 0 Å². The van der Waals surface area contributed by atoms with Gasteiger partial charge in [-0.2, -0.15) is 0 Å². The van der Waals surface area contributed by atoms with Gasteiger partial charge < -0.3 is 15.4 Å². The van der Waals surface area contributed by atoms with Crippen LogP contribution in [0.3, 0.4) is 0 Å². The summed E-state index contributed by atoms with van der Waals surface area (Å²) in [6.45, 7) is 7.99. The Hall–Kier alpha value is -0.770. The quantitative estimate of drug-likeness (QED) is 0.801. The Morgan fingerprint density at radius 3 is 2.47 bits per heavy atom. The van der Waals surface area contributed by atoms with Crippen molar-refractivity contribution in [1.29, 1.82) is 0 Å². The van der Waals surface area contributed by atoms with Gasteiger partial charge in [-0.15, -0.1) is 0 Å². The third-order valence-electron chi connectivity index (χ3n) is 3.67. The van der Waals surface area contributed by atoms with Gasteiger partial charge in [0, 0.05) is 13.1 Å². The van der Waals surface area contributed by atoms with Crippen LogP contribution < -0.4 is 5.73 Å². The Balaban J connectivity index is 1.92. The second kappa shape index (κ2) is 4.48. The third kappa shape index (κ3) is 3.12. The van der Waals surface area contributed by atoms with E-state index in [-0.39, 0.29) is 6.09 Å². The van der Waals surface area contributed by atoms with E-state index in [4.69, 9.17) is 10.5 Å². The largest absolute Gasteiger partial charge is 0.444 e. The molecule has 1 aliphatic heterocycles. The molecule has 4 nitrogen and oxygen atoms in total. The van der Waals surface area contributed by atoms with E-state index in [1.807, 2.05) is 25.7 Å². The summed E-state index contributed by atoms with van der Waals surface area (Å²) < 4.78 is 5.41. The van der Waals surface area contributed by atoms with Crippen molar-refractivity contribution in [1.82, 2.24) is 4.90 Å². The van der Waals surface area contributed by atoms with E-state index < -0.39 is 5.60 Å². The average Bonchev–Trinajstić information content (AvgIpc) is 2.95. The van der Waals surface area contributed by atoms with Gasteiger partial charge in [0.25, 0.3) is 0 Å². The standard InChI is InChI=1S/C13H24N2O2/c1-13(2,3)17-12(16)15-7-10(6-14)11(8-15)9-4-5-9/h9-11H,4-8,14H2,1-3H3/t10-,11-/m1/s1. The fourth-order valence-corrected chi connectivity index (χ4v) is 2.68. The number of amides is 1. The van der Waals surface area contributed by atoms with Gasteiger partial charge in [0.15, 0.2) is 0 Å². The number of carbonyl (C=O) groups is 1. The van der Waals surface area contributed by atoms with Crippen LogP contribution in [0, 0.1) is 17.8 Å². The van der Waals surface area contributed by atoms with Gasteiger partial charge in [-0.25, -0.2) is 4.79 Å². The lowest BCUT2D eigenvalue weighted by Gasteiger charge is -2.24. The third-order valence-corrected chi connectivity index (χ3v) is 3.67. The van der Waals surface area contributed by atoms with Crippen molar-refractivity contribution in [3.05, 3.63) is 0 Å². The fourth-order valence-electron chi connectivity index (χ4n) is 2.68. The Kier molecular flexibility index (Phi) is 3.34. The first-order valence-electron chi connectivity index (χ1n) is 6.58. The molecule has 2 N–H and O–H groups in total. The van der Waals surface area contributed by atoms with Crippen LogP contribution >= 0.6 is 0 Å². The number of hydrogen-bond acceptors (Lipinski definition) is 3. The maximum Gasteiger partial charge on any atom is 0.410 e. The van der Waals surface area contributed by atoms with Crippen molar-refractivity contribution < 1.29 is 9.53 Å². The molecule has 1 saturated heterocycles. The summed E-state index contributed by atoms with van der Waals surface area (Å²) in [6.07, 6.45) is 2.44. The summed E-state index contributed by atoms with van der Waals surface area (Å²) in [4.78, 5) is 13.8. The predicted molar refractivity (Wildman–Crippen MR) is 66.6 cm³/mol. The zero-order valence-corrected chi connectivity index (χ0v) is 11.1. The molecule has 1 heterocycles. The van der Waals surface area contributed by atoms with Gasteiger partial charge >= 0.3 is 6.09 Å². The molecule has 4 heteroatoms. The molecule has 2 fully saturated rings. The Labute approximate surface area is 103 Å². The summed E-state index contributed by atoms with van der Waals surface area (Å²) in [5.41, 5.74) is 5.39. The van der Waals surface area contributed by atoms with Crippen LogP contribution in [0.15, 0.2) is 0 Å². The summed E-state index contributed by atoms with van der Waals surface area (Å²) in [5, 5.41) is 0. The van der Waals surface area contributed by atoms with Crippen molar-refractivity contribution in [2.45, 2.75) is 39.2 Å². The molecule has 1 amide bonds. The Morgan fingerprint density at radius 2 is 2.00 bits per heavy atom. The molecule has 2 rings (SSSR count). The Morgan fingerprint density at radius 1 is 1.35 bits per heavy atom. The summed E-state index contributed by atoms with van der Waals surface area (Å²) in [5.74, 6) is 1.87. The minimum atomic E-state index is -0.410. The van der Waals surface area contributed by atoms with E-state index in [1.165, 1.54) is 12.8 Å². The SMILES string of the molecule is CC(C)(C)OC(=O)N1C[C@@H](CN)[C@@H](C2CC2)C1. The van der Waals surface area contributed by atoms with Crippen molar-refractivity contribution in [2.75, 3.05) is 19.6 Å². The molecule has 17 heavy (non-hydrogen) atoms. The molecule has 0 unspecified atom stereocenters. The second-order valence-corrected chi connectivity index (χ2v) is 6.38. The number of carbonyl (C=O) groups excluding carboxylic acids is 1. The average molecular weight is 240 g/mol. The molecular formula is C13H24N2O2. The molecular weight excluding hydrogens is 216 g/mol. The van der Waals surface area contributed by atoms with Crippen LogP contribution in [-0.2, 0) is 4.74 Å². The number of hydrogen-bond donors (Lipinski definition) is 1. The fraction of sp³-hybridized carbons (Fsp3) is 0.923. The van der Waals surface area contributed by atoms with Gasteiger partial charge in [-0.3, -0.25) is 0 Å². The van der Waals surface area contributed by atoms with Crippen LogP contribution in [-0.4, -0.2) is 36.2 Å². The molecule has 0 aromatic carbocycles. The first-order valence-corrected chi connectivity index (χ1v) is 6.58. The van der Waals surface area contributed by atoms with Crippen LogP contribution in [0.4, 0.5) is 4.79 Å². The predicted octanol–water partition coefficient (Wildman–Crippen LogP) is 1.84. The number of nitrogens with zero attached hydrogens (tertiary/aromatic N) is 1. The molecule has 0 radical (unpaired) electrons. The molecule has 0 bridgehead atoms. The first kappa shape index (κ1) is 12.7. The molecule has 98 valence electrons. The molecule has 0 aromatic rings. The van der Waals surface area contributed by atoms with E-state index in [9.17, 15) is 4.79 Å². The summed E-state index contributed by atoms with van der Waals surface area (Å²) in [7, 11) is 0. The minimum absolute atomic E-state index is 0.181. The smallest absolute Gasteiger partial charge is 0.410 e. The molecule has 2 atom stereocenters. The van der Waals surface area contributed by atoms with Crippen molar-refractivity contribution in [3.8, 4) is 0 Å². The van der Waals surface area contributed by atoms with Crippen molar-refractivity contribution >= 4 is 6.09 Å². The van der Waals surface area contributed by atoms with Crippen molar-refractivity contribution in [2.24, 2.45) is 23.5 Å². The van der Waals surface area contributed by atoms with E-state index in [1.54, 1.807) is 0 Å². The Bertz CT molecular complexity index is 294. The number of likely N-dealkylation sites (tertiary alicyclic amines) is 1. The maximum absolute atomic E-state index is 12.0. The number of rotatable bonds is 2. The lowest BCUT2D eigenvalue weighted by molar-refractivity contribution is 0.0283. The summed E-state index contributed by atoms with van der Waals surface area (Å²) in [6, 6.07) is 0. The number of ether oxygens (including phenoxy) is 1. The van der Waals surface area contributed by atoms with E-state index >= 15 is 0 Å². The highest BCUT2D eigenvalue weighted by Crippen LogP contribution is 2.43. The highest BCUT2D eigenvalue weighted by atomic mass is 16.6. The monoisotopic (exact) mass is 240 g/mol. The van der Waals surface area contributed by atoms with Gasteiger partial charge in [0.05, 0.1) is 0 Å². The van der Waals surface area contributed by atoms with Crippen LogP contribution in [0.1, 0.15) is 33.6 Å². The highest BCUT2D eigenvalue weighted by Gasteiger charge is 2.43. The minimum Gasteiger partial charge on any atom is -0.444 e. The number of nitrogens with two attached hydrogens (primary N) is 1. The van der Waals surface area contributed by atoms with Crippen LogP contribution in [0.2, 0.25) is 0 Å². The zero-order valence-electron chi connectivity index (χ0n) is 11.1. The molecule has 0 aromatic heterocycles. The molecule has 0 spiro atoms. The normalized spacial score (nSPS) is 29.5. The first-order chi connectivity index (χ1) is 7.90. The molecule has 1 aliphatic carbocycles. The van der Waals surface area contributed by atoms with Gasteiger partial charge in [0.1, 0.15) is 5.60 Å². The summed E-state index contributed by atoms with van der Waals surface area (Å²) >= 11 is 0. The van der Waals surface area contributed by atoms with Crippen molar-refractivity contribution in [3.63, 3.8) is 0 Å². The highest BCUT2D eigenvalue weighted by molar-refractivity contribution is 5.68. The van der Waals surface area contributed by atoms with E-state index in [0.717, 1.165) is 19.0 Å². The topological polar surface area (TPSA) is 55.6 Å². The van der Waals surface area contributed by atoms with Gasteiger partial charge in [0.2, 0.25) is 0 Å².